The van der Waals surface area contributed by atoms with Gasteiger partial charge >= 0.3 is 0 Å². The van der Waals surface area contributed by atoms with E-state index >= 15 is 0 Å². The van der Waals surface area contributed by atoms with E-state index in [0.29, 0.717) is 15.5 Å². The Balaban J connectivity index is 2.39. The minimum atomic E-state index is -0.422. The molecule has 0 aliphatic carbocycles. The van der Waals surface area contributed by atoms with Crippen LogP contribution in [0.3, 0.4) is 0 Å². The Bertz CT molecular complexity index is 861. The lowest BCUT2D eigenvalue weighted by molar-refractivity contribution is 0.617. The molecule has 0 saturated heterocycles. The summed E-state index contributed by atoms with van der Waals surface area (Å²) in [6, 6.07) is 4.52. The first kappa shape index (κ1) is 13.3. The van der Waals surface area contributed by atoms with Gasteiger partial charge in [0, 0.05) is 12.1 Å². The highest BCUT2D eigenvalue weighted by atomic mass is 35.5. The second-order valence-electron chi connectivity index (χ2n) is 4.48. The lowest BCUT2D eigenvalue weighted by Crippen LogP contribution is -2.03. The van der Waals surface area contributed by atoms with Crippen molar-refractivity contribution in [1.82, 2.24) is 19.3 Å². The number of hydrogen-bond donors (Lipinski definition) is 1. The van der Waals surface area contributed by atoms with Crippen molar-refractivity contribution in [3.05, 3.63) is 39.5 Å². The first-order valence-corrected chi connectivity index (χ1v) is 6.93. The van der Waals surface area contributed by atoms with E-state index in [1.165, 1.54) is 6.07 Å². The predicted molar refractivity (Wildman–Crippen MR) is 79.6 cm³/mol. The van der Waals surface area contributed by atoms with E-state index in [9.17, 15) is 4.39 Å². The fraction of sp³-hybridized carbons (Fsp3) is 0.231. The van der Waals surface area contributed by atoms with E-state index in [0.717, 1.165) is 23.3 Å². The van der Waals surface area contributed by atoms with Crippen molar-refractivity contribution in [2.45, 2.75) is 13.3 Å². The Morgan fingerprint density at radius 2 is 2.20 bits per heavy atom. The van der Waals surface area contributed by atoms with Crippen LogP contribution in [-0.4, -0.2) is 19.3 Å². The first-order valence-electron chi connectivity index (χ1n) is 6.15. The van der Waals surface area contributed by atoms with Gasteiger partial charge in [-0.15, -0.1) is 0 Å². The number of benzene rings is 1. The minimum Gasteiger partial charge on any atom is -0.327 e. The highest BCUT2D eigenvalue weighted by molar-refractivity contribution is 7.71. The van der Waals surface area contributed by atoms with Crippen LogP contribution in [-0.2, 0) is 13.5 Å². The van der Waals surface area contributed by atoms with Gasteiger partial charge in [0.05, 0.1) is 11.4 Å². The second-order valence-corrected chi connectivity index (χ2v) is 5.31. The summed E-state index contributed by atoms with van der Waals surface area (Å²) in [5.74, 6) is -0.422. The number of nitrogens with zero attached hydrogens (tertiary/aromatic N) is 3. The topological polar surface area (TPSA) is 38.5 Å². The maximum Gasteiger partial charge on any atom is 0.184 e. The van der Waals surface area contributed by atoms with Crippen molar-refractivity contribution in [3.8, 4) is 5.69 Å². The van der Waals surface area contributed by atoms with Crippen LogP contribution in [0.4, 0.5) is 4.39 Å². The van der Waals surface area contributed by atoms with Crippen molar-refractivity contribution in [2.24, 2.45) is 7.05 Å². The number of aromatic amines is 1. The average Bonchev–Trinajstić information content (AvgIpc) is 2.87. The number of halogens is 2. The van der Waals surface area contributed by atoms with Gasteiger partial charge in [0.15, 0.2) is 10.4 Å². The number of hydrogen-bond acceptors (Lipinski definition) is 2. The first-order chi connectivity index (χ1) is 9.52. The summed E-state index contributed by atoms with van der Waals surface area (Å²) in [4.78, 5) is 3.10. The van der Waals surface area contributed by atoms with E-state index < -0.39 is 5.82 Å². The van der Waals surface area contributed by atoms with Gasteiger partial charge in [0.1, 0.15) is 11.3 Å². The van der Waals surface area contributed by atoms with Gasteiger partial charge in [-0.1, -0.05) is 18.5 Å². The van der Waals surface area contributed by atoms with Gasteiger partial charge in [-0.3, -0.25) is 4.57 Å². The highest BCUT2D eigenvalue weighted by Crippen LogP contribution is 2.25. The zero-order valence-corrected chi connectivity index (χ0v) is 12.5. The zero-order chi connectivity index (χ0) is 14.4. The average molecular weight is 311 g/mol. The minimum absolute atomic E-state index is 0.351. The molecule has 1 aromatic carbocycles. The molecule has 20 heavy (non-hydrogen) atoms. The van der Waals surface area contributed by atoms with Crippen molar-refractivity contribution in [3.63, 3.8) is 0 Å². The molecular weight excluding hydrogens is 299 g/mol. The smallest absolute Gasteiger partial charge is 0.184 e. The van der Waals surface area contributed by atoms with Crippen LogP contribution in [0.5, 0.6) is 0 Å². The van der Waals surface area contributed by atoms with Crippen LogP contribution in [0.1, 0.15) is 12.6 Å². The maximum atomic E-state index is 14.1. The fourth-order valence-corrected chi connectivity index (χ4v) is 2.79. The van der Waals surface area contributed by atoms with Crippen molar-refractivity contribution in [1.29, 1.82) is 0 Å². The zero-order valence-electron chi connectivity index (χ0n) is 10.9. The molecule has 104 valence electrons. The summed E-state index contributed by atoms with van der Waals surface area (Å²) < 4.78 is 17.9. The van der Waals surface area contributed by atoms with Crippen LogP contribution in [0.25, 0.3) is 16.9 Å². The molecular formula is C13H12ClFN4S. The molecule has 0 atom stereocenters. The molecule has 7 heteroatoms. The molecule has 2 aromatic heterocycles. The lowest BCUT2D eigenvalue weighted by Gasteiger charge is -2.06. The van der Waals surface area contributed by atoms with Gasteiger partial charge < -0.3 is 4.98 Å². The molecule has 2 heterocycles. The molecule has 0 spiro atoms. The third kappa shape index (κ3) is 1.87. The number of nitrogens with one attached hydrogen (secondary N) is 1. The SMILES string of the molecule is CCc1nn(C)c2c1[nH]c(=S)n2-c1ccc(Cl)cc1F. The summed E-state index contributed by atoms with van der Waals surface area (Å²) in [6.45, 7) is 2.01. The molecule has 3 rings (SSSR count). The molecule has 0 aliphatic rings. The van der Waals surface area contributed by atoms with E-state index in [-0.39, 0.29) is 0 Å². The number of aromatic nitrogens is 4. The normalized spacial score (nSPS) is 11.4. The largest absolute Gasteiger partial charge is 0.327 e. The highest BCUT2D eigenvalue weighted by Gasteiger charge is 2.17. The summed E-state index contributed by atoms with van der Waals surface area (Å²) >= 11 is 11.1. The van der Waals surface area contributed by atoms with Crippen LogP contribution in [0.15, 0.2) is 18.2 Å². The van der Waals surface area contributed by atoms with Crippen molar-refractivity contribution in [2.75, 3.05) is 0 Å². The number of rotatable bonds is 2. The number of fused-ring (bicyclic) bond motifs is 1. The Morgan fingerprint density at radius 3 is 2.85 bits per heavy atom. The molecule has 0 radical (unpaired) electrons. The monoisotopic (exact) mass is 310 g/mol. The van der Waals surface area contributed by atoms with E-state index in [4.69, 9.17) is 23.8 Å². The van der Waals surface area contributed by atoms with Crippen LogP contribution < -0.4 is 0 Å². The van der Waals surface area contributed by atoms with E-state index in [1.54, 1.807) is 21.4 Å². The van der Waals surface area contributed by atoms with Crippen molar-refractivity contribution >= 4 is 35.0 Å². The molecule has 0 aliphatic heterocycles. The van der Waals surface area contributed by atoms with Gasteiger partial charge in [-0.05, 0) is 36.8 Å². The molecule has 0 fully saturated rings. The van der Waals surface area contributed by atoms with Crippen LogP contribution >= 0.6 is 23.8 Å². The standard InChI is InChI=1S/C13H12ClFN4S/c1-3-9-11-12(18(2)17-9)19(13(20)16-11)10-5-4-7(14)6-8(10)15/h4-6H,3H2,1-2H3,(H,16,20). The van der Waals surface area contributed by atoms with Gasteiger partial charge in [0.25, 0.3) is 0 Å². The number of imidazole rings is 1. The molecule has 0 bridgehead atoms. The predicted octanol–water partition coefficient (Wildman–Crippen LogP) is 3.78. The van der Waals surface area contributed by atoms with E-state index in [1.807, 2.05) is 14.0 Å². The molecule has 0 saturated carbocycles. The third-order valence-corrected chi connectivity index (χ3v) is 3.74. The Kier molecular flexibility index (Phi) is 3.14. The van der Waals surface area contributed by atoms with Crippen LogP contribution in [0, 0.1) is 10.6 Å². The van der Waals surface area contributed by atoms with Crippen molar-refractivity contribution < 1.29 is 4.39 Å². The number of H-pyrrole nitrogens is 1. The van der Waals surface area contributed by atoms with Gasteiger partial charge in [0.2, 0.25) is 0 Å². The molecule has 4 nitrogen and oxygen atoms in total. The summed E-state index contributed by atoms with van der Waals surface area (Å²) in [7, 11) is 1.81. The van der Waals surface area contributed by atoms with Gasteiger partial charge in [-0.25, -0.2) is 9.07 Å². The molecule has 0 amide bonds. The quantitative estimate of drug-likeness (QED) is 0.732. The second kappa shape index (κ2) is 4.71. The summed E-state index contributed by atoms with van der Waals surface area (Å²) in [6.07, 6.45) is 0.774. The summed E-state index contributed by atoms with van der Waals surface area (Å²) in [5.41, 5.74) is 2.85. The number of aryl methyl sites for hydroxylation is 2. The molecule has 0 unspecified atom stereocenters. The molecule has 3 aromatic rings. The Morgan fingerprint density at radius 1 is 1.45 bits per heavy atom. The summed E-state index contributed by atoms with van der Waals surface area (Å²) in [5, 5.41) is 4.76. The fourth-order valence-electron chi connectivity index (χ4n) is 2.35. The Labute approximate surface area is 124 Å². The van der Waals surface area contributed by atoms with Crippen LogP contribution in [0.2, 0.25) is 5.02 Å². The van der Waals surface area contributed by atoms with E-state index in [2.05, 4.69) is 10.1 Å². The molecule has 1 N–H and O–H groups in total. The Hall–Kier alpha value is -1.66. The van der Waals surface area contributed by atoms with Gasteiger partial charge in [-0.2, -0.15) is 5.10 Å². The lowest BCUT2D eigenvalue weighted by atomic mass is 10.3. The third-order valence-electron chi connectivity index (χ3n) is 3.22. The maximum absolute atomic E-state index is 14.1.